The second-order valence-corrected chi connectivity index (χ2v) is 26.7. The zero-order valence-electron chi connectivity index (χ0n) is 44.7. The fourth-order valence-electron chi connectivity index (χ4n) is 10.7. The van der Waals surface area contributed by atoms with Crippen molar-refractivity contribution in [1.29, 1.82) is 0 Å². The lowest BCUT2D eigenvalue weighted by atomic mass is 9.73. The second kappa shape index (κ2) is 25.1. The molecular formula is C58H66ClF3N8O7S3. The van der Waals surface area contributed by atoms with Crippen LogP contribution in [0.25, 0.3) is 5.57 Å². The van der Waals surface area contributed by atoms with Crippen LogP contribution < -0.4 is 25.2 Å². The molecule has 3 fully saturated rings. The van der Waals surface area contributed by atoms with E-state index in [9.17, 15) is 44.4 Å². The lowest BCUT2D eigenvalue weighted by molar-refractivity contribution is -0.120. The van der Waals surface area contributed by atoms with Crippen LogP contribution in [0.1, 0.15) is 67.4 Å². The predicted octanol–water partition coefficient (Wildman–Crippen LogP) is 9.77. The Labute approximate surface area is 475 Å². The van der Waals surface area contributed by atoms with Crippen molar-refractivity contribution >= 4 is 83.7 Å². The highest BCUT2D eigenvalue weighted by molar-refractivity contribution is 7.99. The van der Waals surface area contributed by atoms with E-state index in [2.05, 4.69) is 56.2 Å². The maximum Gasteiger partial charge on any atom is 0.501 e. The number of sulfonamides is 1. The van der Waals surface area contributed by atoms with Crippen LogP contribution in [0, 0.1) is 5.41 Å². The molecular weight excluding hydrogens is 1110 g/mol. The molecule has 0 aromatic heterocycles. The molecule has 3 N–H and O–H groups in total. The number of anilines is 3. The van der Waals surface area contributed by atoms with Gasteiger partial charge in [0.25, 0.3) is 25.8 Å². The minimum Gasteiger partial charge on any atom is -0.380 e. The van der Waals surface area contributed by atoms with Crippen LogP contribution in [0.15, 0.2) is 142 Å². The Morgan fingerprint density at radius 3 is 2.11 bits per heavy atom. The summed E-state index contributed by atoms with van der Waals surface area (Å²) in [5.74, 6) is -1.02. The van der Waals surface area contributed by atoms with Gasteiger partial charge in [0.05, 0.1) is 10.6 Å². The van der Waals surface area contributed by atoms with E-state index in [1.807, 2.05) is 71.5 Å². The number of hydrogen-bond acceptors (Lipinski definition) is 13. The maximum atomic E-state index is 14.5. The molecule has 4 aliphatic rings. The molecule has 0 radical (unpaired) electrons. The summed E-state index contributed by atoms with van der Waals surface area (Å²) in [4.78, 5) is 47.1. The van der Waals surface area contributed by atoms with Gasteiger partial charge in [-0.3, -0.25) is 29.6 Å². The number of halogens is 4. The Bertz CT molecular complexity index is 3300. The highest BCUT2D eigenvalue weighted by Gasteiger charge is 2.48. The van der Waals surface area contributed by atoms with E-state index in [4.69, 9.17) is 11.6 Å². The number of thioether (sulfide) groups is 1. The zero-order chi connectivity index (χ0) is 56.8. The maximum absolute atomic E-state index is 14.5. The molecule has 15 nitrogen and oxygen atoms in total. The number of allylic oxidation sites excluding steroid dienone is 1. The molecule has 5 aromatic rings. The van der Waals surface area contributed by atoms with E-state index in [0.717, 1.165) is 80.3 Å². The van der Waals surface area contributed by atoms with E-state index < -0.39 is 58.8 Å². The number of alkyl halides is 3. The highest BCUT2D eigenvalue weighted by atomic mass is 35.5. The molecule has 3 aliphatic heterocycles. The van der Waals surface area contributed by atoms with Crippen molar-refractivity contribution < 1.29 is 44.4 Å². The van der Waals surface area contributed by atoms with E-state index in [0.29, 0.717) is 74.8 Å². The monoisotopic (exact) mass is 1170 g/mol. The number of rotatable bonds is 19. The lowest BCUT2D eigenvalue weighted by Gasteiger charge is -2.39. The molecule has 1 aliphatic carbocycles. The Morgan fingerprint density at radius 1 is 0.750 bits per heavy atom. The van der Waals surface area contributed by atoms with Gasteiger partial charge in [-0.15, -0.1) is 11.8 Å². The fourth-order valence-corrected chi connectivity index (χ4v) is 13.9. The van der Waals surface area contributed by atoms with E-state index >= 15 is 0 Å². The molecule has 22 heteroatoms. The standard InChI is InChI=1S/C58H66ClF3N8O7S3/c1-57(2)24-21-51(42-11-15-45(59)16-12-42)44(37-57)39-68-31-33-69(34-32-68)47-17-13-43(14-18-47)55(72)65-80(76,77)50-19-20-52(53(36-50)79(74,75)58(60,61)62)63-46(40-78-49-9-4-3-5-10-49)22-25-66-27-29-67(30-28-66)38-41-7-6-8-48(35-41)70-26-23-54(71)64-56(70)73/h3-20,35-36,46,63H,21-34,37-40H2,1-2H3,(H,65,72)(H,64,71,73)/t46-/m1/s1. The van der Waals surface area contributed by atoms with Crippen molar-refractivity contribution in [3.63, 3.8) is 0 Å². The largest absolute Gasteiger partial charge is 0.501 e. The van der Waals surface area contributed by atoms with Crippen LogP contribution in [0.4, 0.5) is 35.0 Å². The summed E-state index contributed by atoms with van der Waals surface area (Å²) in [6.45, 7) is 12.7. The van der Waals surface area contributed by atoms with Gasteiger partial charge in [0.15, 0.2) is 0 Å². The summed E-state index contributed by atoms with van der Waals surface area (Å²) in [6, 6.07) is 32.8. The summed E-state index contributed by atoms with van der Waals surface area (Å²) < 4.78 is 99.5. The van der Waals surface area contributed by atoms with Crippen LogP contribution in [0.5, 0.6) is 0 Å². The molecule has 3 heterocycles. The minimum absolute atomic E-state index is 0.0191. The Hall–Kier alpha value is -5.94. The van der Waals surface area contributed by atoms with Gasteiger partial charge in [0.1, 0.15) is 4.90 Å². The number of amides is 4. The van der Waals surface area contributed by atoms with Gasteiger partial charge >= 0.3 is 11.5 Å². The van der Waals surface area contributed by atoms with E-state index in [1.165, 1.54) is 40.6 Å². The van der Waals surface area contributed by atoms with Crippen molar-refractivity contribution in [3.05, 3.63) is 149 Å². The first-order valence-corrected chi connectivity index (χ1v) is 31.1. The predicted molar refractivity (Wildman–Crippen MR) is 308 cm³/mol. The van der Waals surface area contributed by atoms with E-state index in [1.54, 1.807) is 17.0 Å². The van der Waals surface area contributed by atoms with Crippen molar-refractivity contribution in [2.24, 2.45) is 5.41 Å². The number of imide groups is 1. The minimum atomic E-state index is -6.12. The molecule has 5 aromatic carbocycles. The van der Waals surface area contributed by atoms with Gasteiger partial charge in [-0.1, -0.05) is 73.5 Å². The normalized spacial score (nSPS) is 18.5. The Kier molecular flexibility index (Phi) is 18.4. The quantitative estimate of drug-likeness (QED) is 0.0668. The third-order valence-electron chi connectivity index (χ3n) is 15.2. The van der Waals surface area contributed by atoms with Crippen molar-refractivity contribution in [3.8, 4) is 0 Å². The molecule has 0 unspecified atom stereocenters. The first-order chi connectivity index (χ1) is 38.1. The third-order valence-corrected chi connectivity index (χ3v) is 19.5. The smallest absolute Gasteiger partial charge is 0.380 e. The lowest BCUT2D eigenvalue weighted by Crippen LogP contribution is -2.49. The van der Waals surface area contributed by atoms with Crippen LogP contribution >= 0.6 is 23.4 Å². The van der Waals surface area contributed by atoms with Crippen LogP contribution in [-0.4, -0.2) is 139 Å². The first-order valence-electron chi connectivity index (χ1n) is 26.8. The number of carbonyl (C=O) groups excluding carboxylic acids is 3. The molecule has 0 spiro atoms. The topological polar surface area (TPSA) is 172 Å². The highest BCUT2D eigenvalue weighted by Crippen LogP contribution is 2.43. The van der Waals surface area contributed by atoms with Gasteiger partial charge in [0, 0.05) is 124 Å². The Balaban J connectivity index is 0.833. The van der Waals surface area contributed by atoms with Crippen molar-refractivity contribution in [2.45, 2.75) is 78.7 Å². The second-order valence-electron chi connectivity index (χ2n) is 21.6. The molecule has 1 atom stereocenters. The summed E-state index contributed by atoms with van der Waals surface area (Å²) in [7, 11) is -11.0. The summed E-state index contributed by atoms with van der Waals surface area (Å²) >= 11 is 7.64. The SMILES string of the molecule is CC1(C)CCC(c2ccc(Cl)cc2)=C(CN2CCN(c3ccc(C(=O)NS(=O)(=O)c4ccc(N[C@H](CCN5CCN(Cc6cccc(N7CCC(=O)NC7=O)c6)CC5)CSc5ccccc5)c(S(=O)(=O)C(F)(F)F)c4)cc3)CC2)C1. The third kappa shape index (κ3) is 14.8. The number of sulfone groups is 1. The van der Waals surface area contributed by atoms with Crippen molar-refractivity contribution in [1.82, 2.24) is 24.7 Å². The number of urea groups is 1. The average molecular weight is 1180 g/mol. The number of piperazine rings is 2. The molecule has 0 saturated carbocycles. The van der Waals surface area contributed by atoms with Gasteiger partial charge in [-0.2, -0.15) is 13.2 Å². The molecule has 4 amide bonds. The summed E-state index contributed by atoms with van der Waals surface area (Å²) in [5, 5.41) is 6.10. The number of hydrogen-bond donors (Lipinski definition) is 3. The number of benzene rings is 5. The first kappa shape index (κ1) is 58.7. The summed E-state index contributed by atoms with van der Waals surface area (Å²) in [6.07, 6.45) is 3.73. The zero-order valence-corrected chi connectivity index (χ0v) is 47.9. The molecule has 0 bridgehead atoms. The molecule has 426 valence electrons. The van der Waals surface area contributed by atoms with Gasteiger partial charge < -0.3 is 15.1 Å². The van der Waals surface area contributed by atoms with Gasteiger partial charge in [-0.05, 0) is 127 Å². The molecule has 9 rings (SSSR count). The van der Waals surface area contributed by atoms with Gasteiger partial charge in [0.2, 0.25) is 5.91 Å². The molecule has 80 heavy (non-hydrogen) atoms. The number of nitrogens with one attached hydrogen (secondary N) is 3. The summed E-state index contributed by atoms with van der Waals surface area (Å²) in [5.41, 5.74) is 0.532. The van der Waals surface area contributed by atoms with Gasteiger partial charge in [-0.25, -0.2) is 26.4 Å². The van der Waals surface area contributed by atoms with Crippen molar-refractivity contribution in [2.75, 3.05) is 92.9 Å². The van der Waals surface area contributed by atoms with E-state index in [-0.39, 0.29) is 23.3 Å². The number of carbonyl (C=O) groups is 3. The Morgan fingerprint density at radius 2 is 1.43 bits per heavy atom. The van der Waals surface area contributed by atoms with Crippen LogP contribution in [0.3, 0.4) is 0 Å². The average Bonchev–Trinajstić information content (AvgIpc) is 3.43. The van der Waals surface area contributed by atoms with Crippen LogP contribution in [0.2, 0.25) is 5.02 Å². The molecule has 3 saturated heterocycles. The van der Waals surface area contributed by atoms with Crippen LogP contribution in [-0.2, 0) is 31.2 Å². The fraction of sp³-hybridized carbons (Fsp3) is 0.397. The number of nitrogens with zero attached hydrogens (tertiary/aromatic N) is 5.